The molecular formula is C19H20N2O3. The molecule has 0 atom stereocenters. The van der Waals surface area contributed by atoms with Gasteiger partial charge in [0.15, 0.2) is 0 Å². The van der Waals surface area contributed by atoms with Crippen LogP contribution in [0.5, 0.6) is 5.75 Å². The van der Waals surface area contributed by atoms with E-state index in [0.29, 0.717) is 11.2 Å². The van der Waals surface area contributed by atoms with Crippen molar-refractivity contribution in [2.75, 3.05) is 0 Å². The van der Waals surface area contributed by atoms with Gasteiger partial charge in [-0.15, -0.1) is 0 Å². The molecule has 1 aromatic heterocycles. The second-order valence-corrected chi connectivity index (χ2v) is 6.81. The van der Waals surface area contributed by atoms with Crippen LogP contribution in [-0.4, -0.2) is 26.6 Å². The van der Waals surface area contributed by atoms with Gasteiger partial charge in [-0.1, -0.05) is 11.6 Å². The van der Waals surface area contributed by atoms with E-state index in [1.54, 1.807) is 24.3 Å². The molecule has 0 radical (unpaired) electrons. The number of carbonyl (C=O) groups excluding carboxylic acids is 1. The maximum Gasteiger partial charge on any atom is 0.435 e. The number of fused-ring (bicyclic) bond motifs is 1. The maximum atomic E-state index is 12.5. The van der Waals surface area contributed by atoms with Crippen LogP contribution in [0.3, 0.4) is 0 Å². The summed E-state index contributed by atoms with van der Waals surface area (Å²) in [5.74, 6) is 0.186. The first kappa shape index (κ1) is 16.1. The highest BCUT2D eigenvalue weighted by Gasteiger charge is 2.22. The molecule has 2 aromatic carbocycles. The third-order valence-electron chi connectivity index (χ3n) is 3.54. The summed E-state index contributed by atoms with van der Waals surface area (Å²) in [4.78, 5) is 12.5. The molecule has 5 heteroatoms. The van der Waals surface area contributed by atoms with Gasteiger partial charge in [0.2, 0.25) is 0 Å². The molecule has 3 aromatic rings. The lowest BCUT2D eigenvalue weighted by molar-refractivity contribution is 0.0523. The maximum absolute atomic E-state index is 12.5. The SMILES string of the molecule is Cc1ccc2c(c1)c(-c1ccc(O)cc1)nn2C(=O)OC(C)(C)C. The van der Waals surface area contributed by atoms with E-state index in [1.807, 2.05) is 45.9 Å². The third-order valence-corrected chi connectivity index (χ3v) is 3.54. The van der Waals surface area contributed by atoms with Gasteiger partial charge in [-0.05, 0) is 64.1 Å². The molecule has 0 unspecified atom stereocenters. The lowest BCUT2D eigenvalue weighted by atomic mass is 10.1. The van der Waals surface area contributed by atoms with E-state index in [1.165, 1.54) is 4.68 Å². The number of hydrogen-bond donors (Lipinski definition) is 1. The predicted octanol–water partition coefficient (Wildman–Crippen LogP) is 4.50. The molecular weight excluding hydrogens is 304 g/mol. The number of rotatable bonds is 1. The molecule has 0 saturated heterocycles. The predicted molar refractivity (Wildman–Crippen MR) is 93.2 cm³/mol. The third kappa shape index (κ3) is 3.11. The molecule has 1 heterocycles. The summed E-state index contributed by atoms with van der Waals surface area (Å²) in [7, 11) is 0. The highest BCUT2D eigenvalue weighted by molar-refractivity contribution is 5.98. The summed E-state index contributed by atoms with van der Waals surface area (Å²) in [6.07, 6.45) is -0.513. The van der Waals surface area contributed by atoms with E-state index >= 15 is 0 Å². The molecule has 0 amide bonds. The normalized spacial score (nSPS) is 11.7. The molecule has 0 aliphatic rings. The topological polar surface area (TPSA) is 64.4 Å². The number of nitrogens with zero attached hydrogens (tertiary/aromatic N) is 2. The van der Waals surface area contributed by atoms with E-state index in [2.05, 4.69) is 5.10 Å². The fraction of sp³-hybridized carbons (Fsp3) is 0.263. The summed E-state index contributed by atoms with van der Waals surface area (Å²) in [6.45, 7) is 7.45. The van der Waals surface area contributed by atoms with Crippen molar-refractivity contribution in [3.05, 3.63) is 48.0 Å². The summed E-state index contributed by atoms with van der Waals surface area (Å²) < 4.78 is 6.75. The van der Waals surface area contributed by atoms with E-state index in [0.717, 1.165) is 16.5 Å². The minimum atomic E-state index is -0.598. The average Bonchev–Trinajstić information content (AvgIpc) is 2.85. The average molecular weight is 324 g/mol. The highest BCUT2D eigenvalue weighted by atomic mass is 16.6. The van der Waals surface area contributed by atoms with Crippen molar-refractivity contribution in [3.63, 3.8) is 0 Å². The Bertz CT molecular complexity index is 903. The smallest absolute Gasteiger partial charge is 0.435 e. The van der Waals surface area contributed by atoms with Crippen LogP contribution in [0.2, 0.25) is 0 Å². The van der Waals surface area contributed by atoms with Crippen LogP contribution in [0.15, 0.2) is 42.5 Å². The van der Waals surface area contributed by atoms with Gasteiger partial charge in [0.25, 0.3) is 0 Å². The van der Waals surface area contributed by atoms with E-state index < -0.39 is 11.7 Å². The first-order valence-corrected chi connectivity index (χ1v) is 7.77. The van der Waals surface area contributed by atoms with Crippen molar-refractivity contribution < 1.29 is 14.6 Å². The Labute approximate surface area is 140 Å². The fourth-order valence-corrected chi connectivity index (χ4v) is 2.51. The molecule has 3 rings (SSSR count). The Morgan fingerprint density at radius 2 is 1.79 bits per heavy atom. The number of hydrogen-bond acceptors (Lipinski definition) is 4. The van der Waals surface area contributed by atoms with Crippen LogP contribution in [0.4, 0.5) is 4.79 Å². The first-order chi connectivity index (χ1) is 11.2. The molecule has 0 aliphatic heterocycles. The van der Waals surface area contributed by atoms with E-state index in [-0.39, 0.29) is 5.75 Å². The van der Waals surface area contributed by atoms with Gasteiger partial charge in [-0.3, -0.25) is 0 Å². The number of benzene rings is 2. The van der Waals surface area contributed by atoms with Crippen LogP contribution < -0.4 is 0 Å². The number of phenolic OH excluding ortho intramolecular Hbond substituents is 1. The van der Waals surface area contributed by atoms with Gasteiger partial charge in [-0.2, -0.15) is 9.78 Å². The van der Waals surface area contributed by atoms with E-state index in [4.69, 9.17) is 4.74 Å². The summed E-state index contributed by atoms with van der Waals surface area (Å²) in [5.41, 5.74) is 2.67. The Hall–Kier alpha value is -2.82. The van der Waals surface area contributed by atoms with Crippen molar-refractivity contribution in [1.29, 1.82) is 0 Å². The zero-order valence-electron chi connectivity index (χ0n) is 14.2. The lowest BCUT2D eigenvalue weighted by Crippen LogP contribution is -2.27. The van der Waals surface area contributed by atoms with Crippen molar-refractivity contribution in [2.45, 2.75) is 33.3 Å². The van der Waals surface area contributed by atoms with Crippen molar-refractivity contribution in [1.82, 2.24) is 9.78 Å². The summed E-state index contributed by atoms with van der Waals surface area (Å²) in [6, 6.07) is 12.5. The number of ether oxygens (including phenoxy) is 1. The summed E-state index contributed by atoms with van der Waals surface area (Å²) >= 11 is 0. The van der Waals surface area contributed by atoms with Gasteiger partial charge in [0, 0.05) is 10.9 Å². The highest BCUT2D eigenvalue weighted by Crippen LogP contribution is 2.30. The lowest BCUT2D eigenvalue weighted by Gasteiger charge is -2.19. The van der Waals surface area contributed by atoms with E-state index in [9.17, 15) is 9.90 Å². The molecule has 24 heavy (non-hydrogen) atoms. The molecule has 0 fully saturated rings. The van der Waals surface area contributed by atoms with Crippen molar-refractivity contribution in [2.24, 2.45) is 0 Å². The number of aryl methyl sites for hydroxylation is 1. The van der Waals surface area contributed by atoms with Gasteiger partial charge in [-0.25, -0.2) is 4.79 Å². The molecule has 124 valence electrons. The van der Waals surface area contributed by atoms with Crippen LogP contribution in [0, 0.1) is 6.92 Å². The molecule has 5 nitrogen and oxygen atoms in total. The largest absolute Gasteiger partial charge is 0.508 e. The number of phenols is 1. The van der Waals surface area contributed by atoms with Gasteiger partial charge in [0.1, 0.15) is 17.0 Å². The molecule has 0 spiro atoms. The summed E-state index contributed by atoms with van der Waals surface area (Å²) in [5, 5.41) is 14.8. The number of aromatic nitrogens is 2. The molecule has 0 saturated carbocycles. The minimum Gasteiger partial charge on any atom is -0.508 e. The monoisotopic (exact) mass is 324 g/mol. The van der Waals surface area contributed by atoms with Crippen LogP contribution >= 0.6 is 0 Å². The van der Waals surface area contributed by atoms with Crippen LogP contribution in [0.25, 0.3) is 22.2 Å². The fourth-order valence-electron chi connectivity index (χ4n) is 2.51. The second-order valence-electron chi connectivity index (χ2n) is 6.81. The number of carbonyl (C=O) groups is 1. The Morgan fingerprint density at radius 3 is 2.42 bits per heavy atom. The van der Waals surface area contributed by atoms with Gasteiger partial charge < -0.3 is 9.84 Å². The zero-order chi connectivity index (χ0) is 17.5. The first-order valence-electron chi connectivity index (χ1n) is 7.77. The molecule has 1 N–H and O–H groups in total. The van der Waals surface area contributed by atoms with Crippen molar-refractivity contribution in [3.8, 4) is 17.0 Å². The Balaban J connectivity index is 2.18. The van der Waals surface area contributed by atoms with Gasteiger partial charge >= 0.3 is 6.09 Å². The zero-order valence-corrected chi connectivity index (χ0v) is 14.2. The minimum absolute atomic E-state index is 0.186. The van der Waals surface area contributed by atoms with Gasteiger partial charge in [0.05, 0.1) is 5.52 Å². The quantitative estimate of drug-likeness (QED) is 0.716. The Morgan fingerprint density at radius 1 is 1.12 bits per heavy atom. The van der Waals surface area contributed by atoms with Crippen LogP contribution in [-0.2, 0) is 4.74 Å². The standard InChI is InChI=1S/C19H20N2O3/c1-12-5-10-16-15(11-12)17(13-6-8-14(22)9-7-13)20-21(16)18(23)24-19(2,3)4/h5-11,22H,1-4H3. The van der Waals surface area contributed by atoms with Crippen LogP contribution in [0.1, 0.15) is 26.3 Å². The number of aromatic hydroxyl groups is 1. The molecule has 0 bridgehead atoms. The second kappa shape index (κ2) is 5.67. The van der Waals surface area contributed by atoms with Crippen molar-refractivity contribution >= 4 is 17.0 Å². The Kier molecular flexibility index (Phi) is 3.79. The molecule has 0 aliphatic carbocycles.